The molecule has 0 radical (unpaired) electrons. The second-order valence-corrected chi connectivity index (χ2v) is 3.74. The van der Waals surface area contributed by atoms with Crippen LogP contribution in [0.1, 0.15) is 25.7 Å². The van der Waals surface area contributed by atoms with Crippen molar-refractivity contribution >= 4 is 0 Å². The van der Waals surface area contributed by atoms with Gasteiger partial charge in [0, 0.05) is 19.6 Å². The van der Waals surface area contributed by atoms with Crippen molar-refractivity contribution in [1.29, 1.82) is 0 Å². The molecule has 3 N–H and O–H groups in total. The van der Waals surface area contributed by atoms with Crippen molar-refractivity contribution in [3.8, 4) is 0 Å². The zero-order valence-electron chi connectivity index (χ0n) is 9.47. The normalized spacial score (nSPS) is 13.4. The SMILES string of the molecule is COCC(Cc1ncnn1C(C)C)NN. The van der Waals surface area contributed by atoms with Crippen molar-refractivity contribution in [3.05, 3.63) is 12.2 Å². The molecule has 1 rings (SSSR count). The highest BCUT2D eigenvalue weighted by Gasteiger charge is 2.13. The molecule has 1 atom stereocenters. The molecule has 1 unspecified atom stereocenters. The number of aromatic nitrogens is 3. The third-order valence-electron chi connectivity index (χ3n) is 2.17. The zero-order chi connectivity index (χ0) is 11.3. The predicted octanol–water partition coefficient (Wildman–Crippen LogP) is -0.120. The Morgan fingerprint density at radius 3 is 2.87 bits per heavy atom. The maximum Gasteiger partial charge on any atom is 0.138 e. The monoisotopic (exact) mass is 213 g/mol. The number of nitrogens with one attached hydrogen (secondary N) is 1. The molecule has 0 aliphatic heterocycles. The quantitative estimate of drug-likeness (QED) is 0.509. The number of nitrogens with zero attached hydrogens (tertiary/aromatic N) is 3. The van der Waals surface area contributed by atoms with Gasteiger partial charge in [0.25, 0.3) is 0 Å². The van der Waals surface area contributed by atoms with Crippen LogP contribution in [0.15, 0.2) is 6.33 Å². The smallest absolute Gasteiger partial charge is 0.138 e. The first-order valence-electron chi connectivity index (χ1n) is 5.02. The fraction of sp³-hybridized carbons (Fsp3) is 0.778. The van der Waals surface area contributed by atoms with Crippen LogP contribution in [0.5, 0.6) is 0 Å². The molecule has 1 heterocycles. The number of hydrogen-bond donors (Lipinski definition) is 2. The summed E-state index contributed by atoms with van der Waals surface area (Å²) in [6.07, 6.45) is 2.28. The molecule has 0 bridgehead atoms. The molecule has 1 aromatic heterocycles. The van der Waals surface area contributed by atoms with Gasteiger partial charge in [-0.3, -0.25) is 11.3 Å². The van der Waals surface area contributed by atoms with Gasteiger partial charge in [-0.1, -0.05) is 0 Å². The first-order chi connectivity index (χ1) is 7.19. The molecule has 0 saturated carbocycles. The lowest BCUT2D eigenvalue weighted by Gasteiger charge is -2.15. The molecule has 6 heteroatoms. The van der Waals surface area contributed by atoms with Gasteiger partial charge in [-0.25, -0.2) is 9.67 Å². The molecule has 0 fully saturated rings. The van der Waals surface area contributed by atoms with E-state index in [0.717, 1.165) is 5.82 Å². The van der Waals surface area contributed by atoms with Gasteiger partial charge in [-0.2, -0.15) is 5.10 Å². The van der Waals surface area contributed by atoms with Crippen molar-refractivity contribution in [1.82, 2.24) is 20.2 Å². The van der Waals surface area contributed by atoms with Crippen LogP contribution in [0.3, 0.4) is 0 Å². The van der Waals surface area contributed by atoms with Crippen LogP contribution >= 0.6 is 0 Å². The Kier molecular flexibility index (Phi) is 4.67. The molecule has 0 amide bonds. The van der Waals surface area contributed by atoms with E-state index in [9.17, 15) is 0 Å². The van der Waals surface area contributed by atoms with Crippen LogP contribution in [0, 0.1) is 0 Å². The maximum atomic E-state index is 5.41. The fourth-order valence-electron chi connectivity index (χ4n) is 1.44. The highest BCUT2D eigenvalue weighted by molar-refractivity contribution is 4.90. The number of nitrogens with two attached hydrogens (primary N) is 1. The molecule has 1 aromatic rings. The Hall–Kier alpha value is -0.980. The lowest BCUT2D eigenvalue weighted by Crippen LogP contribution is -2.40. The van der Waals surface area contributed by atoms with Crippen LogP contribution < -0.4 is 11.3 Å². The molecule has 15 heavy (non-hydrogen) atoms. The van der Waals surface area contributed by atoms with E-state index in [1.165, 1.54) is 0 Å². The van der Waals surface area contributed by atoms with Gasteiger partial charge in [-0.15, -0.1) is 0 Å². The zero-order valence-corrected chi connectivity index (χ0v) is 9.47. The molecule has 0 aromatic carbocycles. The van der Waals surface area contributed by atoms with Crippen LogP contribution in [0.4, 0.5) is 0 Å². The predicted molar refractivity (Wildman–Crippen MR) is 57.1 cm³/mol. The average Bonchev–Trinajstić information content (AvgIpc) is 2.65. The number of hydrazine groups is 1. The second-order valence-electron chi connectivity index (χ2n) is 3.74. The Balaban J connectivity index is 2.65. The van der Waals surface area contributed by atoms with Crippen molar-refractivity contribution in [2.75, 3.05) is 13.7 Å². The van der Waals surface area contributed by atoms with E-state index in [0.29, 0.717) is 19.1 Å². The largest absolute Gasteiger partial charge is 0.383 e. The highest BCUT2D eigenvalue weighted by Crippen LogP contribution is 2.07. The Labute approximate surface area is 89.8 Å². The summed E-state index contributed by atoms with van der Waals surface area (Å²) in [5, 5.41) is 4.16. The minimum atomic E-state index is 0.0664. The van der Waals surface area contributed by atoms with E-state index in [2.05, 4.69) is 29.4 Å². The van der Waals surface area contributed by atoms with Gasteiger partial charge in [0.05, 0.1) is 12.6 Å². The fourth-order valence-corrected chi connectivity index (χ4v) is 1.44. The Morgan fingerprint density at radius 1 is 1.60 bits per heavy atom. The lowest BCUT2D eigenvalue weighted by atomic mass is 10.2. The third-order valence-corrected chi connectivity index (χ3v) is 2.17. The Morgan fingerprint density at radius 2 is 2.33 bits per heavy atom. The van der Waals surface area contributed by atoms with E-state index in [-0.39, 0.29) is 6.04 Å². The highest BCUT2D eigenvalue weighted by atomic mass is 16.5. The summed E-state index contributed by atoms with van der Waals surface area (Å²) in [4.78, 5) is 4.21. The van der Waals surface area contributed by atoms with Crippen molar-refractivity contribution < 1.29 is 4.74 Å². The molecule has 0 aliphatic rings. The molecule has 6 nitrogen and oxygen atoms in total. The number of ether oxygens (including phenoxy) is 1. The standard InChI is InChI=1S/C9H19N5O/c1-7(2)14-9(11-6-12-14)4-8(13-10)5-15-3/h6-8,13H,4-5,10H2,1-3H3. The number of methoxy groups -OCH3 is 1. The third kappa shape index (κ3) is 3.26. The summed E-state index contributed by atoms with van der Waals surface area (Å²) in [7, 11) is 1.65. The van der Waals surface area contributed by atoms with Crippen LogP contribution in [-0.4, -0.2) is 34.5 Å². The van der Waals surface area contributed by atoms with Crippen molar-refractivity contribution in [2.45, 2.75) is 32.4 Å². The molecule has 86 valence electrons. The first-order valence-corrected chi connectivity index (χ1v) is 5.02. The summed E-state index contributed by atoms with van der Waals surface area (Å²) in [6, 6.07) is 0.375. The van der Waals surface area contributed by atoms with Gasteiger partial charge in [-0.05, 0) is 13.8 Å². The second kappa shape index (κ2) is 5.79. The van der Waals surface area contributed by atoms with E-state index in [4.69, 9.17) is 10.6 Å². The maximum absolute atomic E-state index is 5.41. The van der Waals surface area contributed by atoms with Crippen molar-refractivity contribution in [3.63, 3.8) is 0 Å². The molecule has 0 spiro atoms. The average molecular weight is 213 g/mol. The van der Waals surface area contributed by atoms with Crippen LogP contribution in [0.25, 0.3) is 0 Å². The first kappa shape index (κ1) is 12.1. The van der Waals surface area contributed by atoms with Crippen LogP contribution in [-0.2, 0) is 11.2 Å². The summed E-state index contributed by atoms with van der Waals surface area (Å²) in [5.41, 5.74) is 2.70. The van der Waals surface area contributed by atoms with Gasteiger partial charge in [0.2, 0.25) is 0 Å². The van der Waals surface area contributed by atoms with E-state index >= 15 is 0 Å². The summed E-state index contributed by atoms with van der Waals surface area (Å²) in [5.74, 6) is 6.34. The minimum Gasteiger partial charge on any atom is -0.383 e. The van der Waals surface area contributed by atoms with Gasteiger partial charge < -0.3 is 4.74 Å². The van der Waals surface area contributed by atoms with E-state index < -0.39 is 0 Å². The molecule has 0 saturated heterocycles. The minimum absolute atomic E-state index is 0.0664. The van der Waals surface area contributed by atoms with Gasteiger partial charge in [0.15, 0.2) is 0 Å². The topological polar surface area (TPSA) is 78.0 Å². The van der Waals surface area contributed by atoms with Crippen LogP contribution in [0.2, 0.25) is 0 Å². The molecule has 0 aliphatic carbocycles. The lowest BCUT2D eigenvalue weighted by molar-refractivity contribution is 0.165. The number of rotatable bonds is 6. The summed E-state index contributed by atoms with van der Waals surface area (Å²) in [6.45, 7) is 4.69. The van der Waals surface area contributed by atoms with E-state index in [1.807, 2.05) is 4.68 Å². The molecular weight excluding hydrogens is 194 g/mol. The Bertz CT molecular complexity index is 286. The van der Waals surface area contributed by atoms with E-state index in [1.54, 1.807) is 13.4 Å². The summed E-state index contributed by atoms with van der Waals surface area (Å²) < 4.78 is 6.93. The molecular formula is C9H19N5O. The van der Waals surface area contributed by atoms with Gasteiger partial charge >= 0.3 is 0 Å². The van der Waals surface area contributed by atoms with Crippen molar-refractivity contribution in [2.24, 2.45) is 5.84 Å². The van der Waals surface area contributed by atoms with Gasteiger partial charge in [0.1, 0.15) is 12.2 Å². The number of hydrogen-bond acceptors (Lipinski definition) is 5. The summed E-state index contributed by atoms with van der Waals surface area (Å²) >= 11 is 0.